The molecule has 1 aliphatic rings. The van der Waals surface area contributed by atoms with E-state index in [0.29, 0.717) is 29.8 Å². The Morgan fingerprint density at radius 3 is 2.53 bits per heavy atom. The van der Waals surface area contributed by atoms with Gasteiger partial charge in [0.2, 0.25) is 10.0 Å². The molecule has 0 amide bonds. The number of fused-ring (bicyclic) bond motifs is 1. The van der Waals surface area contributed by atoms with E-state index in [1.807, 2.05) is 45.9 Å². The zero-order chi connectivity index (χ0) is 25.3. The maximum atomic E-state index is 13.3. The average Bonchev–Trinajstić information content (AvgIpc) is 3.07. The molecule has 2 aromatic carbocycles. The van der Waals surface area contributed by atoms with Crippen molar-refractivity contribution in [3.8, 4) is 11.5 Å². The van der Waals surface area contributed by atoms with Gasteiger partial charge in [0.25, 0.3) is 0 Å². The van der Waals surface area contributed by atoms with Crippen LogP contribution in [0.5, 0.6) is 11.5 Å². The Bertz CT molecular complexity index is 1220. The third kappa shape index (κ3) is 5.59. The number of phenols is 1. The summed E-state index contributed by atoms with van der Waals surface area (Å²) in [6.07, 6.45) is 0. The molecule has 0 bridgehead atoms. The first-order valence-corrected chi connectivity index (χ1v) is 13.0. The molecule has 0 spiro atoms. The largest absolute Gasteiger partial charge is 0.507 e. The predicted molar refractivity (Wildman–Crippen MR) is 132 cm³/mol. The SMILES string of the molecule is CCOc1ccc2c(c1)CN(CC(=O)c1cc(CNS(=O)(=O)CC)c(O)c(C(C)(C)C)c1)C2=N. The number of hydrogen-bond donors (Lipinski definition) is 3. The second kappa shape index (κ2) is 9.76. The van der Waals surface area contributed by atoms with Crippen LogP contribution < -0.4 is 9.46 Å². The number of Topliss-reactive ketones (excluding diaryl/α,β-unsaturated/α-hetero) is 1. The van der Waals surface area contributed by atoms with Crippen LogP contribution in [0.15, 0.2) is 30.3 Å². The van der Waals surface area contributed by atoms with Crippen molar-refractivity contribution in [2.24, 2.45) is 0 Å². The first-order chi connectivity index (χ1) is 15.9. The lowest BCUT2D eigenvalue weighted by atomic mass is 9.83. The zero-order valence-electron chi connectivity index (χ0n) is 20.4. The Morgan fingerprint density at radius 1 is 1.21 bits per heavy atom. The average molecular weight is 488 g/mol. The maximum Gasteiger partial charge on any atom is 0.211 e. The maximum absolute atomic E-state index is 13.3. The monoisotopic (exact) mass is 487 g/mol. The molecular weight excluding hydrogens is 454 g/mol. The van der Waals surface area contributed by atoms with Gasteiger partial charge in [-0.25, -0.2) is 13.1 Å². The van der Waals surface area contributed by atoms with Gasteiger partial charge < -0.3 is 14.7 Å². The smallest absolute Gasteiger partial charge is 0.211 e. The lowest BCUT2D eigenvalue weighted by Crippen LogP contribution is -2.30. The molecule has 1 aliphatic heterocycles. The highest BCUT2D eigenvalue weighted by Crippen LogP contribution is 2.35. The van der Waals surface area contributed by atoms with Crippen molar-refractivity contribution >= 4 is 21.6 Å². The van der Waals surface area contributed by atoms with E-state index in [4.69, 9.17) is 10.1 Å². The predicted octanol–water partition coefficient (Wildman–Crippen LogP) is 3.55. The summed E-state index contributed by atoms with van der Waals surface area (Å²) < 4.78 is 31.9. The van der Waals surface area contributed by atoms with Gasteiger partial charge >= 0.3 is 0 Å². The lowest BCUT2D eigenvalue weighted by Gasteiger charge is -2.24. The molecule has 0 fully saturated rings. The van der Waals surface area contributed by atoms with Crippen molar-refractivity contribution in [3.05, 3.63) is 58.1 Å². The normalized spacial score (nSPS) is 13.8. The van der Waals surface area contributed by atoms with Gasteiger partial charge in [-0.1, -0.05) is 20.8 Å². The molecule has 0 radical (unpaired) electrons. The highest BCUT2D eigenvalue weighted by molar-refractivity contribution is 7.89. The molecule has 0 saturated carbocycles. The highest BCUT2D eigenvalue weighted by Gasteiger charge is 2.28. The molecule has 3 N–H and O–H groups in total. The minimum atomic E-state index is -3.47. The summed E-state index contributed by atoms with van der Waals surface area (Å²) in [6.45, 7) is 10.0. The summed E-state index contributed by atoms with van der Waals surface area (Å²) >= 11 is 0. The number of nitrogens with zero attached hydrogens (tertiary/aromatic N) is 1. The van der Waals surface area contributed by atoms with Crippen LogP contribution in [0, 0.1) is 5.41 Å². The van der Waals surface area contributed by atoms with Gasteiger partial charge in [0.15, 0.2) is 5.78 Å². The minimum Gasteiger partial charge on any atom is -0.507 e. The standard InChI is InChI=1S/C25H33N3O5S/c1-6-33-19-8-9-20-18(11-19)14-28(24(20)26)15-22(29)16-10-17(13-27-34(31,32)7-2)23(30)21(12-16)25(3,4)5/h8-12,26-27,30H,6-7,13-15H2,1-5H3. The number of aromatic hydroxyl groups is 1. The lowest BCUT2D eigenvalue weighted by molar-refractivity contribution is 0.0962. The topological polar surface area (TPSA) is 120 Å². The second-order valence-electron chi connectivity index (χ2n) is 9.39. The van der Waals surface area contributed by atoms with E-state index in [2.05, 4.69) is 4.72 Å². The number of phenolic OH excluding ortho intramolecular Hbond substituents is 1. The Kier molecular flexibility index (Phi) is 7.38. The van der Waals surface area contributed by atoms with Crippen molar-refractivity contribution < 1.29 is 23.1 Å². The fourth-order valence-corrected chi connectivity index (χ4v) is 4.47. The van der Waals surface area contributed by atoms with Crippen LogP contribution >= 0.6 is 0 Å². The highest BCUT2D eigenvalue weighted by atomic mass is 32.2. The van der Waals surface area contributed by atoms with Gasteiger partial charge in [-0.05, 0) is 55.2 Å². The molecule has 0 aliphatic carbocycles. The quantitative estimate of drug-likeness (QED) is 0.465. The molecule has 0 atom stereocenters. The van der Waals surface area contributed by atoms with E-state index in [9.17, 15) is 18.3 Å². The Labute approximate surface area is 201 Å². The van der Waals surface area contributed by atoms with Crippen LogP contribution in [0.2, 0.25) is 0 Å². The van der Waals surface area contributed by atoms with Crippen molar-refractivity contribution in [3.63, 3.8) is 0 Å². The van der Waals surface area contributed by atoms with Gasteiger partial charge in [0, 0.05) is 35.3 Å². The number of nitrogens with one attached hydrogen (secondary N) is 2. The van der Waals surface area contributed by atoms with Gasteiger partial charge in [-0.2, -0.15) is 0 Å². The van der Waals surface area contributed by atoms with E-state index in [-0.39, 0.29) is 36.2 Å². The minimum absolute atomic E-state index is 0.00797. The van der Waals surface area contributed by atoms with Crippen molar-refractivity contribution in [1.82, 2.24) is 9.62 Å². The number of benzene rings is 2. The Morgan fingerprint density at radius 2 is 1.91 bits per heavy atom. The van der Waals surface area contributed by atoms with Crippen LogP contribution in [0.4, 0.5) is 0 Å². The van der Waals surface area contributed by atoms with Crippen molar-refractivity contribution in [2.75, 3.05) is 18.9 Å². The van der Waals surface area contributed by atoms with E-state index in [1.165, 1.54) is 13.0 Å². The molecule has 0 aromatic heterocycles. The number of ketones is 1. The van der Waals surface area contributed by atoms with Crippen LogP contribution in [0.1, 0.15) is 67.2 Å². The second-order valence-corrected chi connectivity index (χ2v) is 11.5. The number of sulfonamides is 1. The number of rotatable bonds is 9. The van der Waals surface area contributed by atoms with Gasteiger partial charge in [-0.3, -0.25) is 10.2 Å². The summed E-state index contributed by atoms with van der Waals surface area (Å²) in [5.41, 5.74) is 2.50. The van der Waals surface area contributed by atoms with Crippen molar-refractivity contribution in [1.29, 1.82) is 5.41 Å². The fraction of sp³-hybridized carbons (Fsp3) is 0.440. The number of carbonyl (C=O) groups is 1. The molecule has 1 heterocycles. The summed E-state index contributed by atoms with van der Waals surface area (Å²) in [5, 5.41) is 19.3. The van der Waals surface area contributed by atoms with Crippen LogP contribution in [0.25, 0.3) is 0 Å². The molecule has 34 heavy (non-hydrogen) atoms. The molecule has 0 unspecified atom stereocenters. The summed E-state index contributed by atoms with van der Waals surface area (Å²) in [4.78, 5) is 15.0. The van der Waals surface area contributed by atoms with E-state index >= 15 is 0 Å². The first kappa shape index (κ1) is 25.7. The van der Waals surface area contributed by atoms with Gasteiger partial charge in [0.05, 0.1) is 18.9 Å². The summed E-state index contributed by atoms with van der Waals surface area (Å²) in [6, 6.07) is 8.75. The van der Waals surface area contributed by atoms with E-state index < -0.39 is 15.4 Å². The molecular formula is C25H33N3O5S. The van der Waals surface area contributed by atoms with Crippen molar-refractivity contribution in [2.45, 2.75) is 53.1 Å². The number of amidine groups is 1. The number of hydrogen-bond acceptors (Lipinski definition) is 6. The van der Waals surface area contributed by atoms with Gasteiger partial charge in [0.1, 0.15) is 17.3 Å². The molecule has 2 aromatic rings. The fourth-order valence-electron chi connectivity index (χ4n) is 3.89. The zero-order valence-corrected chi connectivity index (χ0v) is 21.2. The molecule has 0 saturated heterocycles. The van der Waals surface area contributed by atoms with Crippen LogP contribution in [-0.2, 0) is 28.5 Å². The van der Waals surface area contributed by atoms with Crippen LogP contribution in [0.3, 0.4) is 0 Å². The molecule has 8 nitrogen and oxygen atoms in total. The van der Waals surface area contributed by atoms with Gasteiger partial charge in [-0.15, -0.1) is 0 Å². The molecule has 9 heteroatoms. The van der Waals surface area contributed by atoms with E-state index in [0.717, 1.165) is 16.9 Å². The molecule has 3 rings (SSSR count). The molecule has 184 valence electrons. The number of carbonyl (C=O) groups excluding carboxylic acids is 1. The third-order valence-corrected chi connectivity index (χ3v) is 7.18. The van der Waals surface area contributed by atoms with E-state index in [1.54, 1.807) is 11.0 Å². The summed E-state index contributed by atoms with van der Waals surface area (Å²) in [7, 11) is -3.47. The number of ether oxygens (including phenoxy) is 1. The summed E-state index contributed by atoms with van der Waals surface area (Å²) in [5.74, 6) is 0.688. The Balaban J connectivity index is 1.87. The first-order valence-electron chi connectivity index (χ1n) is 11.3. The Hall–Kier alpha value is -2.91. The third-order valence-electron chi connectivity index (χ3n) is 5.84. The van der Waals surface area contributed by atoms with Crippen LogP contribution in [-0.4, -0.2) is 48.9 Å².